The number of sulfonamides is 1. The highest BCUT2D eigenvalue weighted by atomic mass is 32.2. The maximum atomic E-state index is 13.2. The van der Waals surface area contributed by atoms with Crippen LogP contribution in [0.3, 0.4) is 0 Å². The van der Waals surface area contributed by atoms with E-state index >= 15 is 0 Å². The van der Waals surface area contributed by atoms with Crippen molar-refractivity contribution in [1.29, 1.82) is 0 Å². The van der Waals surface area contributed by atoms with Gasteiger partial charge in [0.05, 0.1) is 16.8 Å². The van der Waals surface area contributed by atoms with E-state index in [2.05, 4.69) is 10.3 Å². The molecule has 1 N–H and O–H groups in total. The van der Waals surface area contributed by atoms with Crippen molar-refractivity contribution in [3.63, 3.8) is 0 Å². The first-order valence-corrected chi connectivity index (χ1v) is 12.5. The number of carbonyl (C=O) groups excluding carboxylic acids is 1. The van der Waals surface area contributed by atoms with Crippen molar-refractivity contribution in [2.75, 3.05) is 26.0 Å². The molecule has 0 unspecified atom stereocenters. The van der Waals surface area contributed by atoms with E-state index in [1.807, 2.05) is 36.4 Å². The molecule has 3 aromatic carbocycles. The smallest absolute Gasteiger partial charge is 0.256 e. The molecule has 170 valence electrons. The van der Waals surface area contributed by atoms with E-state index in [-0.39, 0.29) is 16.6 Å². The van der Waals surface area contributed by atoms with Crippen LogP contribution in [0.1, 0.15) is 17.3 Å². The van der Waals surface area contributed by atoms with Crippen LogP contribution in [0, 0.1) is 0 Å². The summed E-state index contributed by atoms with van der Waals surface area (Å²) in [4.78, 5) is 17.9. The number of aromatic nitrogens is 1. The van der Waals surface area contributed by atoms with Gasteiger partial charge in [0.2, 0.25) is 10.0 Å². The number of nitrogens with one attached hydrogen (secondary N) is 1. The van der Waals surface area contributed by atoms with Gasteiger partial charge in [0.15, 0.2) is 0 Å². The summed E-state index contributed by atoms with van der Waals surface area (Å²) in [6.45, 7) is 2.10. The summed E-state index contributed by atoms with van der Waals surface area (Å²) in [6.07, 6.45) is 0. The van der Waals surface area contributed by atoms with Crippen LogP contribution in [0.25, 0.3) is 20.8 Å². The van der Waals surface area contributed by atoms with Gasteiger partial charge in [-0.1, -0.05) is 30.3 Å². The molecule has 0 radical (unpaired) electrons. The number of nitrogens with zero attached hydrogens (tertiary/aromatic N) is 2. The monoisotopic (exact) mass is 481 g/mol. The van der Waals surface area contributed by atoms with Crippen LogP contribution >= 0.6 is 11.3 Å². The third kappa shape index (κ3) is 4.61. The standard InChI is InChI=1S/C24H23N3O4S2/c1-4-31-20-14-13-16(15-22(20)33(29,30)27(2)3)25-23(28)17-9-5-6-10-18(17)24-26-19-11-7-8-12-21(19)32-24/h5-15H,4H2,1-3H3,(H,25,28). The van der Waals surface area contributed by atoms with Crippen LogP contribution in [0.2, 0.25) is 0 Å². The summed E-state index contributed by atoms with van der Waals surface area (Å²) < 4.78 is 33.2. The molecule has 0 fully saturated rings. The van der Waals surface area contributed by atoms with Crippen LogP contribution in [0.4, 0.5) is 5.69 Å². The summed E-state index contributed by atoms with van der Waals surface area (Å²) in [6, 6.07) is 19.6. The van der Waals surface area contributed by atoms with Gasteiger partial charge in [0.25, 0.3) is 5.91 Å². The SMILES string of the molecule is CCOc1ccc(NC(=O)c2ccccc2-c2nc3ccccc3s2)cc1S(=O)(=O)N(C)C. The van der Waals surface area contributed by atoms with Gasteiger partial charge in [-0.3, -0.25) is 4.79 Å². The minimum atomic E-state index is -3.77. The molecule has 0 atom stereocenters. The zero-order chi connectivity index (χ0) is 23.6. The lowest BCUT2D eigenvalue weighted by molar-refractivity contribution is 0.102. The molecule has 4 aromatic rings. The molecule has 0 saturated heterocycles. The maximum Gasteiger partial charge on any atom is 0.256 e. The predicted octanol–water partition coefficient (Wildman–Crippen LogP) is 4.86. The highest BCUT2D eigenvalue weighted by molar-refractivity contribution is 7.89. The first kappa shape index (κ1) is 22.9. The van der Waals surface area contributed by atoms with E-state index in [1.165, 1.54) is 31.5 Å². The lowest BCUT2D eigenvalue weighted by Gasteiger charge is -2.17. The number of thiazole rings is 1. The summed E-state index contributed by atoms with van der Waals surface area (Å²) >= 11 is 1.51. The second-order valence-electron chi connectivity index (χ2n) is 7.37. The Morgan fingerprint density at radius 1 is 1.06 bits per heavy atom. The fraction of sp³-hybridized carbons (Fsp3) is 0.167. The van der Waals surface area contributed by atoms with Crippen LogP contribution < -0.4 is 10.1 Å². The number of rotatable bonds is 7. The number of hydrogen-bond donors (Lipinski definition) is 1. The molecule has 1 aromatic heterocycles. The van der Waals surface area contributed by atoms with Gasteiger partial charge in [0, 0.05) is 30.9 Å². The molecule has 0 saturated carbocycles. The number of anilines is 1. The highest BCUT2D eigenvalue weighted by Crippen LogP contribution is 2.33. The van der Waals surface area contributed by atoms with Crippen LogP contribution in [-0.2, 0) is 10.0 Å². The van der Waals surface area contributed by atoms with E-state index < -0.39 is 10.0 Å². The summed E-state index contributed by atoms with van der Waals surface area (Å²) in [5.41, 5.74) is 2.38. The number of amides is 1. The van der Waals surface area contributed by atoms with Crippen molar-refractivity contribution in [2.24, 2.45) is 0 Å². The molecule has 1 amide bonds. The van der Waals surface area contributed by atoms with Gasteiger partial charge < -0.3 is 10.1 Å². The number of fused-ring (bicyclic) bond motifs is 1. The average molecular weight is 482 g/mol. The fourth-order valence-electron chi connectivity index (χ4n) is 3.31. The number of para-hydroxylation sites is 1. The molecule has 0 spiro atoms. The van der Waals surface area contributed by atoms with Gasteiger partial charge in [-0.2, -0.15) is 0 Å². The Bertz CT molecular complexity index is 1400. The Morgan fingerprint density at radius 3 is 2.52 bits per heavy atom. The van der Waals surface area contributed by atoms with E-state index in [0.29, 0.717) is 23.4 Å². The number of ether oxygens (including phenoxy) is 1. The molecule has 4 rings (SSSR count). The number of hydrogen-bond acceptors (Lipinski definition) is 6. The summed E-state index contributed by atoms with van der Waals surface area (Å²) in [5.74, 6) is -0.124. The molecule has 7 nitrogen and oxygen atoms in total. The van der Waals surface area contributed by atoms with E-state index in [9.17, 15) is 13.2 Å². The van der Waals surface area contributed by atoms with Gasteiger partial charge in [0.1, 0.15) is 15.7 Å². The van der Waals surface area contributed by atoms with Crippen LogP contribution in [-0.4, -0.2) is 44.3 Å². The lowest BCUT2D eigenvalue weighted by Crippen LogP contribution is -2.23. The quantitative estimate of drug-likeness (QED) is 0.407. The van der Waals surface area contributed by atoms with Crippen LogP contribution in [0.5, 0.6) is 5.75 Å². The summed E-state index contributed by atoms with van der Waals surface area (Å²) in [7, 11) is -0.872. The Labute approximate surface area is 196 Å². The van der Waals surface area contributed by atoms with Crippen LogP contribution in [0.15, 0.2) is 71.6 Å². The first-order chi connectivity index (χ1) is 15.8. The zero-order valence-electron chi connectivity index (χ0n) is 18.4. The molecule has 1 heterocycles. The minimum absolute atomic E-state index is 0.00777. The van der Waals surface area contributed by atoms with Gasteiger partial charge in [-0.15, -0.1) is 11.3 Å². The summed E-state index contributed by atoms with van der Waals surface area (Å²) in [5, 5.41) is 3.56. The van der Waals surface area contributed by atoms with Gasteiger partial charge >= 0.3 is 0 Å². The first-order valence-electron chi connectivity index (χ1n) is 10.3. The molecule has 0 bridgehead atoms. The largest absolute Gasteiger partial charge is 0.492 e. The lowest BCUT2D eigenvalue weighted by atomic mass is 10.1. The molecule has 33 heavy (non-hydrogen) atoms. The average Bonchev–Trinajstić information content (AvgIpc) is 3.24. The molecule has 9 heteroatoms. The topological polar surface area (TPSA) is 88.6 Å². The Balaban J connectivity index is 1.70. The Hall–Kier alpha value is -3.27. The highest BCUT2D eigenvalue weighted by Gasteiger charge is 2.24. The normalized spacial score (nSPS) is 11.6. The third-order valence-corrected chi connectivity index (χ3v) is 7.86. The van der Waals surface area contributed by atoms with Crippen molar-refractivity contribution in [3.8, 4) is 16.3 Å². The molecular formula is C24H23N3O4S2. The van der Waals surface area contributed by atoms with Crippen molar-refractivity contribution in [3.05, 3.63) is 72.3 Å². The maximum absolute atomic E-state index is 13.2. The Morgan fingerprint density at radius 2 is 1.79 bits per heavy atom. The zero-order valence-corrected chi connectivity index (χ0v) is 20.0. The number of carbonyl (C=O) groups is 1. The van der Waals surface area contributed by atoms with Crippen molar-refractivity contribution >= 4 is 43.2 Å². The third-order valence-electron chi connectivity index (χ3n) is 4.96. The Kier molecular flexibility index (Phi) is 6.46. The van der Waals surface area contributed by atoms with Gasteiger partial charge in [-0.25, -0.2) is 17.7 Å². The van der Waals surface area contributed by atoms with E-state index in [0.717, 1.165) is 19.5 Å². The van der Waals surface area contributed by atoms with Gasteiger partial charge in [-0.05, 0) is 43.3 Å². The fourth-order valence-corrected chi connectivity index (χ4v) is 5.37. The van der Waals surface area contributed by atoms with Crippen molar-refractivity contribution < 1.29 is 17.9 Å². The molecule has 0 aliphatic rings. The minimum Gasteiger partial charge on any atom is -0.492 e. The van der Waals surface area contributed by atoms with E-state index in [4.69, 9.17) is 4.74 Å². The van der Waals surface area contributed by atoms with Crippen molar-refractivity contribution in [1.82, 2.24) is 9.29 Å². The van der Waals surface area contributed by atoms with E-state index in [1.54, 1.807) is 31.2 Å². The number of benzene rings is 3. The second kappa shape index (κ2) is 9.30. The molecule has 0 aliphatic heterocycles. The predicted molar refractivity (Wildman–Crippen MR) is 131 cm³/mol. The second-order valence-corrected chi connectivity index (χ2v) is 10.5. The van der Waals surface area contributed by atoms with Crippen molar-refractivity contribution in [2.45, 2.75) is 11.8 Å². The molecule has 0 aliphatic carbocycles. The molecular weight excluding hydrogens is 458 g/mol.